The Bertz CT molecular complexity index is 854. The zero-order valence-electron chi connectivity index (χ0n) is 16.1. The molecule has 7 heteroatoms. The lowest BCUT2D eigenvalue weighted by atomic mass is 10.0. The Kier molecular flexibility index (Phi) is 8.15. The highest BCUT2D eigenvalue weighted by atomic mass is 35.5. The number of hydrogen-bond donors (Lipinski definition) is 2. The number of halogens is 2. The third-order valence-corrected chi connectivity index (χ3v) is 4.86. The van der Waals surface area contributed by atoms with Gasteiger partial charge in [-0.1, -0.05) is 49.2 Å². The predicted molar refractivity (Wildman–Crippen MR) is 113 cm³/mol. The van der Waals surface area contributed by atoms with Crippen molar-refractivity contribution in [3.05, 3.63) is 63.1 Å². The molecule has 2 aromatic rings. The summed E-state index contributed by atoms with van der Waals surface area (Å²) >= 11 is 12.2. The van der Waals surface area contributed by atoms with E-state index in [0.717, 1.165) is 11.1 Å². The predicted octanol–water partition coefficient (Wildman–Crippen LogP) is 4.35. The second-order valence-electron chi connectivity index (χ2n) is 6.67. The number of carbonyl (C=O) groups excluding carboxylic acids is 2. The molecule has 0 saturated carbocycles. The van der Waals surface area contributed by atoms with Crippen molar-refractivity contribution in [3.63, 3.8) is 0 Å². The molecular weight excluding hydrogens is 399 g/mol. The minimum Gasteiger partial charge on any atom is -0.483 e. The van der Waals surface area contributed by atoms with Crippen LogP contribution in [0.5, 0.6) is 5.75 Å². The van der Waals surface area contributed by atoms with Gasteiger partial charge in [-0.3, -0.25) is 9.59 Å². The minimum atomic E-state index is -0.283. The molecule has 2 rings (SSSR count). The van der Waals surface area contributed by atoms with Gasteiger partial charge in [0.15, 0.2) is 6.61 Å². The molecule has 0 bridgehead atoms. The Morgan fingerprint density at radius 1 is 1.04 bits per heavy atom. The Balaban J connectivity index is 1.79. The Labute approximate surface area is 175 Å². The van der Waals surface area contributed by atoms with E-state index in [1.165, 1.54) is 0 Å². The maximum absolute atomic E-state index is 12.0. The first-order chi connectivity index (χ1) is 13.3. The molecule has 0 saturated heterocycles. The van der Waals surface area contributed by atoms with Crippen molar-refractivity contribution in [2.75, 3.05) is 19.7 Å². The molecule has 5 nitrogen and oxygen atoms in total. The first kappa shape index (κ1) is 22.1. The Hall–Kier alpha value is -2.24. The molecular formula is C21H24Cl2N2O3. The van der Waals surface area contributed by atoms with Crippen molar-refractivity contribution in [1.82, 2.24) is 10.6 Å². The highest BCUT2D eigenvalue weighted by Crippen LogP contribution is 2.31. The molecule has 28 heavy (non-hydrogen) atoms. The van der Waals surface area contributed by atoms with Gasteiger partial charge in [0.2, 0.25) is 0 Å². The van der Waals surface area contributed by atoms with Crippen molar-refractivity contribution in [2.45, 2.75) is 26.7 Å². The lowest BCUT2D eigenvalue weighted by Gasteiger charge is -2.16. The third-order valence-electron chi connectivity index (χ3n) is 4.12. The zero-order valence-corrected chi connectivity index (χ0v) is 17.7. The fourth-order valence-electron chi connectivity index (χ4n) is 2.56. The van der Waals surface area contributed by atoms with Crippen LogP contribution in [-0.2, 0) is 4.79 Å². The van der Waals surface area contributed by atoms with Gasteiger partial charge < -0.3 is 15.4 Å². The van der Waals surface area contributed by atoms with Crippen molar-refractivity contribution in [1.29, 1.82) is 0 Å². The molecule has 150 valence electrons. The van der Waals surface area contributed by atoms with Gasteiger partial charge in [-0.2, -0.15) is 0 Å². The standard InChI is InChI=1S/C21H24Cl2N2O3/c1-13(2)16-11-18(23)14(3)10-19(16)28-12-20(26)24-8-9-25-21(27)15-6-4-5-7-17(15)22/h4-7,10-11,13H,8-9,12H2,1-3H3,(H,24,26)(H,25,27). The van der Waals surface area contributed by atoms with E-state index in [9.17, 15) is 9.59 Å². The van der Waals surface area contributed by atoms with Crippen LogP contribution in [0.2, 0.25) is 10.0 Å². The highest BCUT2D eigenvalue weighted by molar-refractivity contribution is 6.33. The van der Waals surface area contributed by atoms with E-state index in [0.29, 0.717) is 21.4 Å². The van der Waals surface area contributed by atoms with Crippen LogP contribution >= 0.6 is 23.2 Å². The Morgan fingerprint density at radius 2 is 1.71 bits per heavy atom. The summed E-state index contributed by atoms with van der Waals surface area (Å²) in [7, 11) is 0. The smallest absolute Gasteiger partial charge is 0.258 e. The summed E-state index contributed by atoms with van der Waals surface area (Å²) in [5.74, 6) is 0.318. The minimum absolute atomic E-state index is 0.112. The summed E-state index contributed by atoms with van der Waals surface area (Å²) in [6, 6.07) is 10.5. The number of rotatable bonds is 8. The summed E-state index contributed by atoms with van der Waals surface area (Å²) in [6.07, 6.45) is 0. The number of hydrogen-bond acceptors (Lipinski definition) is 3. The van der Waals surface area contributed by atoms with Gasteiger partial charge in [-0.25, -0.2) is 0 Å². The summed E-state index contributed by atoms with van der Waals surface area (Å²) in [4.78, 5) is 24.1. The third kappa shape index (κ3) is 6.14. The summed E-state index contributed by atoms with van der Waals surface area (Å²) in [5.41, 5.74) is 2.25. The van der Waals surface area contributed by atoms with Gasteiger partial charge in [0.1, 0.15) is 5.75 Å². The SMILES string of the molecule is Cc1cc(OCC(=O)NCCNC(=O)c2ccccc2Cl)c(C(C)C)cc1Cl. The lowest BCUT2D eigenvalue weighted by molar-refractivity contribution is -0.123. The maximum atomic E-state index is 12.0. The quantitative estimate of drug-likeness (QED) is 0.621. The van der Waals surface area contributed by atoms with E-state index in [2.05, 4.69) is 10.6 Å². The summed E-state index contributed by atoms with van der Waals surface area (Å²) < 4.78 is 5.68. The fourth-order valence-corrected chi connectivity index (χ4v) is 2.95. The van der Waals surface area contributed by atoms with Gasteiger partial charge in [0, 0.05) is 18.1 Å². The zero-order chi connectivity index (χ0) is 20.7. The molecule has 2 N–H and O–H groups in total. The largest absolute Gasteiger partial charge is 0.483 e. The lowest BCUT2D eigenvalue weighted by Crippen LogP contribution is -2.36. The second-order valence-corrected chi connectivity index (χ2v) is 7.48. The van der Waals surface area contributed by atoms with Crippen LogP contribution in [0.25, 0.3) is 0 Å². The topological polar surface area (TPSA) is 67.4 Å². The van der Waals surface area contributed by atoms with Crippen LogP contribution < -0.4 is 15.4 Å². The van der Waals surface area contributed by atoms with Gasteiger partial charge in [-0.15, -0.1) is 0 Å². The first-order valence-electron chi connectivity index (χ1n) is 9.02. The highest BCUT2D eigenvalue weighted by Gasteiger charge is 2.13. The van der Waals surface area contributed by atoms with E-state index < -0.39 is 0 Å². The molecule has 2 aromatic carbocycles. The van der Waals surface area contributed by atoms with E-state index in [4.69, 9.17) is 27.9 Å². The van der Waals surface area contributed by atoms with E-state index in [1.807, 2.05) is 32.9 Å². The number of nitrogens with one attached hydrogen (secondary N) is 2. The van der Waals surface area contributed by atoms with E-state index in [1.54, 1.807) is 24.3 Å². The summed E-state index contributed by atoms with van der Waals surface area (Å²) in [6.45, 7) is 6.42. The monoisotopic (exact) mass is 422 g/mol. The molecule has 0 aromatic heterocycles. The molecule has 0 atom stereocenters. The first-order valence-corrected chi connectivity index (χ1v) is 9.77. The normalized spacial score (nSPS) is 10.6. The molecule has 0 heterocycles. The maximum Gasteiger partial charge on any atom is 0.258 e. The molecule has 2 amide bonds. The summed E-state index contributed by atoms with van der Waals surface area (Å²) in [5, 5.41) is 6.49. The molecule has 0 spiro atoms. The van der Waals surface area contributed by atoms with Crippen molar-refractivity contribution >= 4 is 35.0 Å². The van der Waals surface area contributed by atoms with Crippen LogP contribution in [0.15, 0.2) is 36.4 Å². The molecule has 0 unspecified atom stereocenters. The fraction of sp³-hybridized carbons (Fsp3) is 0.333. The van der Waals surface area contributed by atoms with Gasteiger partial charge in [-0.05, 0) is 48.2 Å². The number of ether oxygens (including phenoxy) is 1. The van der Waals surface area contributed by atoms with E-state index >= 15 is 0 Å². The van der Waals surface area contributed by atoms with Crippen LogP contribution in [0.1, 0.15) is 41.3 Å². The van der Waals surface area contributed by atoms with Crippen LogP contribution in [0, 0.1) is 6.92 Å². The second kappa shape index (κ2) is 10.3. The number of carbonyl (C=O) groups is 2. The van der Waals surface area contributed by atoms with Crippen molar-refractivity contribution in [2.24, 2.45) is 0 Å². The number of benzene rings is 2. The van der Waals surface area contributed by atoms with E-state index in [-0.39, 0.29) is 37.4 Å². The van der Waals surface area contributed by atoms with Crippen molar-refractivity contribution in [3.8, 4) is 5.75 Å². The molecule has 0 fully saturated rings. The van der Waals surface area contributed by atoms with Crippen LogP contribution in [-0.4, -0.2) is 31.5 Å². The Morgan fingerprint density at radius 3 is 2.39 bits per heavy atom. The number of amides is 2. The molecule has 0 aliphatic heterocycles. The molecule has 0 aliphatic rings. The number of aryl methyl sites for hydroxylation is 1. The van der Waals surface area contributed by atoms with Crippen LogP contribution in [0.4, 0.5) is 0 Å². The average Bonchev–Trinajstić information content (AvgIpc) is 2.65. The van der Waals surface area contributed by atoms with Crippen molar-refractivity contribution < 1.29 is 14.3 Å². The molecule has 0 radical (unpaired) electrons. The van der Waals surface area contributed by atoms with Gasteiger partial charge in [0.25, 0.3) is 11.8 Å². The van der Waals surface area contributed by atoms with Crippen LogP contribution in [0.3, 0.4) is 0 Å². The van der Waals surface area contributed by atoms with Gasteiger partial charge in [0.05, 0.1) is 10.6 Å². The van der Waals surface area contributed by atoms with Gasteiger partial charge >= 0.3 is 0 Å². The molecule has 0 aliphatic carbocycles. The average molecular weight is 423 g/mol.